The molecule has 0 aliphatic carbocycles. The van der Waals surface area contributed by atoms with E-state index in [1.165, 1.54) is 6.33 Å². The highest BCUT2D eigenvalue weighted by atomic mass is 15.0. The molecule has 4 nitrogen and oxygen atoms in total. The predicted molar refractivity (Wildman–Crippen MR) is 54.5 cm³/mol. The van der Waals surface area contributed by atoms with Crippen LogP contribution in [0.5, 0.6) is 0 Å². The summed E-state index contributed by atoms with van der Waals surface area (Å²) in [7, 11) is 0. The first-order chi connectivity index (χ1) is 6.11. The molecule has 0 aliphatic heterocycles. The van der Waals surface area contributed by atoms with E-state index in [9.17, 15) is 0 Å². The molecular formula is C9H16N4. The smallest absolute Gasteiger partial charge is 0.134 e. The summed E-state index contributed by atoms with van der Waals surface area (Å²) in [4.78, 5) is 8.00. The molecular weight excluding hydrogens is 164 g/mol. The summed E-state index contributed by atoms with van der Waals surface area (Å²) in [5.41, 5.74) is 6.56. The van der Waals surface area contributed by atoms with Gasteiger partial charge in [0.15, 0.2) is 0 Å². The number of hydrogen-bond acceptors (Lipinski definition) is 4. The van der Waals surface area contributed by atoms with Crippen LogP contribution in [0.25, 0.3) is 0 Å². The number of rotatable bonds is 3. The Morgan fingerprint density at radius 1 is 1.46 bits per heavy atom. The highest BCUT2D eigenvalue weighted by molar-refractivity contribution is 5.53. The monoisotopic (exact) mass is 180 g/mol. The second-order valence-corrected chi connectivity index (χ2v) is 3.51. The van der Waals surface area contributed by atoms with E-state index in [4.69, 9.17) is 5.73 Å². The maximum atomic E-state index is 5.64. The van der Waals surface area contributed by atoms with Crippen LogP contribution in [0, 0.1) is 12.8 Å². The van der Waals surface area contributed by atoms with E-state index >= 15 is 0 Å². The van der Waals surface area contributed by atoms with E-state index in [1.807, 2.05) is 6.92 Å². The van der Waals surface area contributed by atoms with Crippen LogP contribution in [0.1, 0.15) is 19.4 Å². The molecule has 1 aromatic rings. The van der Waals surface area contributed by atoms with Gasteiger partial charge in [0.1, 0.15) is 18.0 Å². The van der Waals surface area contributed by atoms with Gasteiger partial charge >= 0.3 is 0 Å². The summed E-state index contributed by atoms with van der Waals surface area (Å²) in [6.45, 7) is 7.11. The van der Waals surface area contributed by atoms with Gasteiger partial charge in [0.05, 0.1) is 0 Å². The molecule has 0 saturated heterocycles. The standard InChI is InChI=1S/C9H16N4/c1-6(2)4-11-9-7(3)8(10)12-5-13-9/h5-6H,4H2,1-3H3,(H3,10,11,12,13). The minimum Gasteiger partial charge on any atom is -0.383 e. The molecule has 0 aliphatic rings. The number of nitrogen functional groups attached to an aromatic ring is 1. The molecule has 4 heteroatoms. The lowest BCUT2D eigenvalue weighted by Gasteiger charge is -2.10. The van der Waals surface area contributed by atoms with E-state index in [0.29, 0.717) is 11.7 Å². The molecule has 1 aromatic heterocycles. The molecule has 13 heavy (non-hydrogen) atoms. The fourth-order valence-corrected chi connectivity index (χ4v) is 0.943. The van der Waals surface area contributed by atoms with E-state index in [0.717, 1.165) is 17.9 Å². The van der Waals surface area contributed by atoms with Crippen LogP contribution < -0.4 is 11.1 Å². The number of nitrogens with two attached hydrogens (primary N) is 1. The van der Waals surface area contributed by atoms with Gasteiger partial charge in [-0.15, -0.1) is 0 Å². The van der Waals surface area contributed by atoms with Crippen molar-refractivity contribution >= 4 is 11.6 Å². The molecule has 1 rings (SSSR count). The lowest BCUT2D eigenvalue weighted by molar-refractivity contribution is 0.686. The molecule has 0 unspecified atom stereocenters. The highest BCUT2D eigenvalue weighted by Crippen LogP contribution is 2.14. The van der Waals surface area contributed by atoms with Gasteiger partial charge in [-0.3, -0.25) is 0 Å². The predicted octanol–water partition coefficient (Wildman–Crippen LogP) is 1.44. The quantitative estimate of drug-likeness (QED) is 0.738. The van der Waals surface area contributed by atoms with Gasteiger partial charge in [-0.2, -0.15) is 0 Å². The Kier molecular flexibility index (Phi) is 3.06. The van der Waals surface area contributed by atoms with Gasteiger partial charge in [-0.25, -0.2) is 9.97 Å². The maximum Gasteiger partial charge on any atom is 0.134 e. The van der Waals surface area contributed by atoms with Crippen LogP contribution in [-0.4, -0.2) is 16.5 Å². The van der Waals surface area contributed by atoms with Gasteiger partial charge in [0.25, 0.3) is 0 Å². The van der Waals surface area contributed by atoms with Crippen molar-refractivity contribution in [2.45, 2.75) is 20.8 Å². The van der Waals surface area contributed by atoms with Crippen LogP contribution in [0.15, 0.2) is 6.33 Å². The summed E-state index contributed by atoms with van der Waals surface area (Å²) >= 11 is 0. The third-order valence-corrected chi connectivity index (χ3v) is 1.80. The molecule has 0 bridgehead atoms. The zero-order valence-electron chi connectivity index (χ0n) is 8.33. The molecule has 1 heterocycles. The summed E-state index contributed by atoms with van der Waals surface area (Å²) in [6.07, 6.45) is 1.48. The van der Waals surface area contributed by atoms with E-state index in [1.54, 1.807) is 0 Å². The normalized spacial score (nSPS) is 10.5. The fourth-order valence-electron chi connectivity index (χ4n) is 0.943. The zero-order valence-corrected chi connectivity index (χ0v) is 8.33. The molecule has 0 spiro atoms. The third kappa shape index (κ3) is 2.57. The molecule has 72 valence electrons. The summed E-state index contributed by atoms with van der Waals surface area (Å²) in [5.74, 6) is 1.97. The van der Waals surface area contributed by atoms with Crippen molar-refractivity contribution < 1.29 is 0 Å². The molecule has 0 aromatic carbocycles. The number of nitrogens with zero attached hydrogens (tertiary/aromatic N) is 2. The third-order valence-electron chi connectivity index (χ3n) is 1.80. The Balaban J connectivity index is 2.71. The maximum absolute atomic E-state index is 5.64. The van der Waals surface area contributed by atoms with Crippen molar-refractivity contribution in [3.63, 3.8) is 0 Å². The Morgan fingerprint density at radius 2 is 2.15 bits per heavy atom. The SMILES string of the molecule is Cc1c(N)ncnc1NCC(C)C. The molecule has 0 amide bonds. The summed E-state index contributed by atoms with van der Waals surface area (Å²) in [6, 6.07) is 0. The highest BCUT2D eigenvalue weighted by Gasteiger charge is 2.03. The van der Waals surface area contributed by atoms with Crippen molar-refractivity contribution in [2.75, 3.05) is 17.6 Å². The van der Waals surface area contributed by atoms with Gasteiger partial charge in [-0.1, -0.05) is 13.8 Å². The Hall–Kier alpha value is -1.32. The second-order valence-electron chi connectivity index (χ2n) is 3.51. The average molecular weight is 180 g/mol. The van der Waals surface area contributed by atoms with Crippen molar-refractivity contribution in [2.24, 2.45) is 5.92 Å². The van der Waals surface area contributed by atoms with E-state index in [-0.39, 0.29) is 0 Å². The van der Waals surface area contributed by atoms with Crippen LogP contribution >= 0.6 is 0 Å². The van der Waals surface area contributed by atoms with Gasteiger partial charge < -0.3 is 11.1 Å². The first kappa shape index (κ1) is 9.77. The van der Waals surface area contributed by atoms with Gasteiger partial charge in [-0.05, 0) is 12.8 Å². The Labute approximate surface area is 78.6 Å². The largest absolute Gasteiger partial charge is 0.383 e. The van der Waals surface area contributed by atoms with Crippen molar-refractivity contribution in [1.82, 2.24) is 9.97 Å². The van der Waals surface area contributed by atoms with Crippen molar-refractivity contribution in [1.29, 1.82) is 0 Å². The molecule has 0 radical (unpaired) electrons. The van der Waals surface area contributed by atoms with Crippen molar-refractivity contribution in [3.8, 4) is 0 Å². The first-order valence-electron chi connectivity index (χ1n) is 4.42. The summed E-state index contributed by atoms with van der Waals surface area (Å²) < 4.78 is 0. The van der Waals surface area contributed by atoms with Crippen LogP contribution in [0.2, 0.25) is 0 Å². The van der Waals surface area contributed by atoms with Crippen molar-refractivity contribution in [3.05, 3.63) is 11.9 Å². The second kappa shape index (κ2) is 4.07. The minimum absolute atomic E-state index is 0.543. The van der Waals surface area contributed by atoms with Gasteiger partial charge in [0.2, 0.25) is 0 Å². The lowest BCUT2D eigenvalue weighted by Crippen LogP contribution is -2.11. The number of nitrogens with one attached hydrogen (secondary N) is 1. The number of anilines is 2. The Morgan fingerprint density at radius 3 is 2.77 bits per heavy atom. The topological polar surface area (TPSA) is 63.8 Å². The van der Waals surface area contributed by atoms with Gasteiger partial charge in [0, 0.05) is 12.1 Å². The fraction of sp³-hybridized carbons (Fsp3) is 0.556. The first-order valence-corrected chi connectivity index (χ1v) is 4.42. The number of aromatic nitrogens is 2. The van der Waals surface area contributed by atoms with E-state index < -0.39 is 0 Å². The van der Waals surface area contributed by atoms with E-state index in [2.05, 4.69) is 29.1 Å². The molecule has 0 fully saturated rings. The minimum atomic E-state index is 0.543. The lowest BCUT2D eigenvalue weighted by atomic mass is 10.2. The molecule has 0 saturated carbocycles. The zero-order chi connectivity index (χ0) is 9.84. The number of hydrogen-bond donors (Lipinski definition) is 2. The van der Waals surface area contributed by atoms with Crippen LogP contribution in [0.3, 0.4) is 0 Å². The molecule has 3 N–H and O–H groups in total. The molecule has 0 atom stereocenters. The Bertz CT molecular complexity index is 283. The van der Waals surface area contributed by atoms with Crippen LogP contribution in [0.4, 0.5) is 11.6 Å². The summed E-state index contributed by atoms with van der Waals surface area (Å²) in [5, 5.41) is 3.22. The van der Waals surface area contributed by atoms with Crippen LogP contribution in [-0.2, 0) is 0 Å². The average Bonchev–Trinajstić information content (AvgIpc) is 2.07.